The van der Waals surface area contributed by atoms with Crippen LogP contribution in [0, 0.1) is 6.92 Å². The number of carbonyl (C=O) groups is 1. The summed E-state index contributed by atoms with van der Waals surface area (Å²) in [5, 5.41) is 0. The van der Waals surface area contributed by atoms with E-state index < -0.39 is 0 Å². The van der Waals surface area contributed by atoms with Gasteiger partial charge in [-0.2, -0.15) is 0 Å². The summed E-state index contributed by atoms with van der Waals surface area (Å²) >= 11 is 0. The van der Waals surface area contributed by atoms with Crippen LogP contribution in [0.4, 0.5) is 0 Å². The quantitative estimate of drug-likeness (QED) is 0.843. The lowest BCUT2D eigenvalue weighted by atomic mass is 10.1. The summed E-state index contributed by atoms with van der Waals surface area (Å²) in [6.45, 7) is 6.42. The molecule has 26 heavy (non-hydrogen) atoms. The molecule has 1 aromatic heterocycles. The zero-order valence-electron chi connectivity index (χ0n) is 15.1. The number of carbonyl (C=O) groups excluding carboxylic acids is 1. The van der Waals surface area contributed by atoms with Crippen LogP contribution in [-0.2, 0) is 17.8 Å². The minimum atomic E-state index is 0.166. The smallest absolute Gasteiger partial charge is 0.231 e. The molecule has 3 heterocycles. The molecule has 1 fully saturated rings. The van der Waals surface area contributed by atoms with Gasteiger partial charge in [-0.3, -0.25) is 9.69 Å². The maximum Gasteiger partial charge on any atom is 0.231 e. The largest absolute Gasteiger partial charge is 0.465 e. The van der Waals surface area contributed by atoms with Gasteiger partial charge in [0, 0.05) is 26.2 Å². The van der Waals surface area contributed by atoms with Crippen molar-refractivity contribution in [3.63, 3.8) is 0 Å². The van der Waals surface area contributed by atoms with E-state index in [2.05, 4.69) is 4.90 Å². The molecule has 6 heteroatoms. The highest BCUT2D eigenvalue weighted by Crippen LogP contribution is 2.32. The number of hydrogen-bond acceptors (Lipinski definition) is 5. The first-order chi connectivity index (χ1) is 12.7. The van der Waals surface area contributed by atoms with E-state index in [1.54, 1.807) is 0 Å². The SMILES string of the molecule is Cc1ccc(CN2CCCN(C(=O)Cc3ccc4c(c3)OCO4)CC2)o1. The first-order valence-corrected chi connectivity index (χ1v) is 9.11. The van der Waals surface area contributed by atoms with Crippen molar-refractivity contribution in [1.82, 2.24) is 9.80 Å². The van der Waals surface area contributed by atoms with Gasteiger partial charge in [-0.1, -0.05) is 6.07 Å². The second kappa shape index (κ2) is 7.41. The fourth-order valence-corrected chi connectivity index (χ4v) is 3.51. The van der Waals surface area contributed by atoms with E-state index in [9.17, 15) is 4.79 Å². The first kappa shape index (κ1) is 17.0. The summed E-state index contributed by atoms with van der Waals surface area (Å²) in [5.41, 5.74) is 0.964. The van der Waals surface area contributed by atoms with Crippen molar-refractivity contribution in [3.05, 3.63) is 47.4 Å². The van der Waals surface area contributed by atoms with E-state index >= 15 is 0 Å². The molecule has 138 valence electrons. The lowest BCUT2D eigenvalue weighted by molar-refractivity contribution is -0.130. The van der Waals surface area contributed by atoms with Crippen LogP contribution in [0.25, 0.3) is 0 Å². The van der Waals surface area contributed by atoms with E-state index in [0.29, 0.717) is 6.42 Å². The minimum absolute atomic E-state index is 0.166. The lowest BCUT2D eigenvalue weighted by Crippen LogP contribution is -2.36. The highest BCUT2D eigenvalue weighted by atomic mass is 16.7. The van der Waals surface area contributed by atoms with E-state index in [-0.39, 0.29) is 12.7 Å². The zero-order valence-corrected chi connectivity index (χ0v) is 15.1. The van der Waals surface area contributed by atoms with E-state index in [1.165, 1.54) is 0 Å². The van der Waals surface area contributed by atoms with E-state index in [1.807, 2.05) is 42.2 Å². The summed E-state index contributed by atoms with van der Waals surface area (Å²) in [6, 6.07) is 9.75. The molecule has 0 unspecified atom stereocenters. The molecule has 0 bridgehead atoms. The van der Waals surface area contributed by atoms with Crippen LogP contribution in [0.1, 0.15) is 23.5 Å². The molecule has 0 aliphatic carbocycles. The second-order valence-corrected chi connectivity index (χ2v) is 6.89. The van der Waals surface area contributed by atoms with Crippen molar-refractivity contribution < 1.29 is 18.7 Å². The molecule has 0 spiro atoms. The number of aryl methyl sites for hydroxylation is 1. The van der Waals surface area contributed by atoms with Crippen LogP contribution >= 0.6 is 0 Å². The molecule has 0 atom stereocenters. The Bertz CT molecular complexity index is 786. The van der Waals surface area contributed by atoms with Crippen LogP contribution in [0.15, 0.2) is 34.7 Å². The molecule has 2 aliphatic rings. The average molecular weight is 356 g/mol. The van der Waals surface area contributed by atoms with Gasteiger partial charge < -0.3 is 18.8 Å². The number of benzene rings is 1. The van der Waals surface area contributed by atoms with Crippen LogP contribution in [0.5, 0.6) is 11.5 Å². The molecular weight excluding hydrogens is 332 g/mol. The summed E-state index contributed by atoms with van der Waals surface area (Å²) < 4.78 is 16.4. The van der Waals surface area contributed by atoms with Gasteiger partial charge >= 0.3 is 0 Å². The minimum Gasteiger partial charge on any atom is -0.465 e. The molecule has 1 saturated heterocycles. The van der Waals surface area contributed by atoms with Crippen LogP contribution in [-0.4, -0.2) is 48.7 Å². The topological polar surface area (TPSA) is 55.2 Å². The molecule has 6 nitrogen and oxygen atoms in total. The predicted octanol–water partition coefficient (Wildman–Crippen LogP) is 2.59. The summed E-state index contributed by atoms with van der Waals surface area (Å²) in [7, 11) is 0. The molecule has 1 aromatic carbocycles. The van der Waals surface area contributed by atoms with Crippen LogP contribution in [0.2, 0.25) is 0 Å². The molecule has 0 radical (unpaired) electrons. The average Bonchev–Trinajstić information content (AvgIpc) is 3.18. The van der Waals surface area contributed by atoms with Gasteiger partial charge in [-0.15, -0.1) is 0 Å². The number of furan rings is 1. The Morgan fingerprint density at radius 3 is 2.77 bits per heavy atom. The fourth-order valence-electron chi connectivity index (χ4n) is 3.51. The Morgan fingerprint density at radius 1 is 1.04 bits per heavy atom. The Balaban J connectivity index is 1.32. The number of ether oxygens (including phenoxy) is 2. The Morgan fingerprint density at radius 2 is 1.92 bits per heavy atom. The van der Waals surface area contributed by atoms with Gasteiger partial charge in [0.1, 0.15) is 11.5 Å². The van der Waals surface area contributed by atoms with Crippen LogP contribution in [0.3, 0.4) is 0 Å². The highest BCUT2D eigenvalue weighted by Gasteiger charge is 2.21. The van der Waals surface area contributed by atoms with Gasteiger partial charge in [-0.25, -0.2) is 0 Å². The van der Waals surface area contributed by atoms with Crippen molar-refractivity contribution >= 4 is 5.91 Å². The monoisotopic (exact) mass is 356 g/mol. The first-order valence-electron chi connectivity index (χ1n) is 9.11. The molecule has 0 saturated carbocycles. The Labute approximate surface area is 153 Å². The van der Waals surface area contributed by atoms with Crippen molar-refractivity contribution in [1.29, 1.82) is 0 Å². The third-order valence-electron chi connectivity index (χ3n) is 4.91. The molecule has 2 aliphatic heterocycles. The van der Waals surface area contributed by atoms with Gasteiger partial charge in [0.05, 0.1) is 13.0 Å². The number of rotatable bonds is 4. The van der Waals surface area contributed by atoms with Crippen molar-refractivity contribution in [2.24, 2.45) is 0 Å². The van der Waals surface area contributed by atoms with E-state index in [0.717, 1.165) is 67.7 Å². The fraction of sp³-hybridized carbons (Fsp3) is 0.450. The summed E-state index contributed by atoms with van der Waals surface area (Å²) in [5.74, 6) is 3.57. The summed E-state index contributed by atoms with van der Waals surface area (Å²) in [4.78, 5) is 17.0. The van der Waals surface area contributed by atoms with Gasteiger partial charge in [0.2, 0.25) is 12.7 Å². The number of nitrogens with zero attached hydrogens (tertiary/aromatic N) is 2. The van der Waals surface area contributed by atoms with E-state index in [4.69, 9.17) is 13.9 Å². The molecule has 1 amide bonds. The lowest BCUT2D eigenvalue weighted by Gasteiger charge is -2.21. The number of hydrogen-bond donors (Lipinski definition) is 0. The van der Waals surface area contributed by atoms with Gasteiger partial charge in [-0.05, 0) is 43.2 Å². The third-order valence-corrected chi connectivity index (χ3v) is 4.91. The van der Waals surface area contributed by atoms with Gasteiger partial charge in [0.25, 0.3) is 0 Å². The normalized spacial score (nSPS) is 17.3. The Hall–Kier alpha value is -2.47. The zero-order chi connectivity index (χ0) is 17.9. The molecule has 4 rings (SSSR count). The number of amides is 1. The summed E-state index contributed by atoms with van der Waals surface area (Å²) in [6.07, 6.45) is 1.38. The molecular formula is C20H24N2O4. The highest BCUT2D eigenvalue weighted by molar-refractivity contribution is 5.79. The maximum atomic E-state index is 12.7. The van der Waals surface area contributed by atoms with Crippen molar-refractivity contribution in [3.8, 4) is 11.5 Å². The third kappa shape index (κ3) is 3.85. The van der Waals surface area contributed by atoms with Gasteiger partial charge in [0.15, 0.2) is 11.5 Å². The maximum absolute atomic E-state index is 12.7. The molecule has 0 N–H and O–H groups in total. The standard InChI is InChI=1S/C20H24N2O4/c1-15-3-5-17(26-15)13-21-7-2-8-22(10-9-21)20(23)12-16-4-6-18-19(11-16)25-14-24-18/h3-6,11H,2,7-10,12-14H2,1H3. The predicted molar refractivity (Wildman–Crippen MR) is 96.2 cm³/mol. The Kier molecular flexibility index (Phi) is 4.84. The number of fused-ring (bicyclic) bond motifs is 1. The van der Waals surface area contributed by atoms with Crippen molar-refractivity contribution in [2.45, 2.75) is 26.3 Å². The second-order valence-electron chi connectivity index (χ2n) is 6.89. The van der Waals surface area contributed by atoms with Crippen molar-refractivity contribution in [2.75, 3.05) is 33.0 Å². The molecule has 2 aromatic rings. The van der Waals surface area contributed by atoms with Crippen LogP contribution < -0.4 is 9.47 Å².